The molecule has 26 heavy (non-hydrogen) atoms. The van der Waals surface area contributed by atoms with Crippen LogP contribution in [-0.2, 0) is 6.42 Å². The largest absolute Gasteiger partial charge is 0.292 e. The molecule has 0 saturated carbocycles. The van der Waals surface area contributed by atoms with Crippen molar-refractivity contribution in [2.24, 2.45) is 0 Å². The zero-order chi connectivity index (χ0) is 18.5. The number of nitrogens with zero attached hydrogens (tertiary/aromatic N) is 1. The number of halogens is 2. The van der Waals surface area contributed by atoms with Crippen LogP contribution in [0.3, 0.4) is 0 Å². The maximum atomic E-state index is 12.5. The summed E-state index contributed by atoms with van der Waals surface area (Å²) in [6, 6.07) is 15.5. The maximum Gasteiger partial charge on any atom is 0.191 e. The highest BCUT2D eigenvalue weighted by atomic mass is 35.5. The minimum atomic E-state index is 0.0995. The summed E-state index contributed by atoms with van der Waals surface area (Å²) < 4.78 is 0. The van der Waals surface area contributed by atoms with Crippen LogP contribution < -0.4 is 0 Å². The fourth-order valence-electron chi connectivity index (χ4n) is 2.71. The Labute approximate surface area is 167 Å². The smallest absolute Gasteiger partial charge is 0.191 e. The van der Waals surface area contributed by atoms with Crippen LogP contribution in [0.1, 0.15) is 46.4 Å². The molecule has 0 aliphatic carbocycles. The van der Waals surface area contributed by atoms with Gasteiger partial charge >= 0.3 is 0 Å². The Balaban J connectivity index is 2.02. The molecule has 0 unspecified atom stereocenters. The van der Waals surface area contributed by atoms with E-state index in [0.29, 0.717) is 27.9 Å². The second-order valence-electron chi connectivity index (χ2n) is 6.10. The molecule has 0 spiro atoms. The highest BCUT2D eigenvalue weighted by Crippen LogP contribution is 2.36. The van der Waals surface area contributed by atoms with E-state index < -0.39 is 0 Å². The number of carbonyl (C=O) groups is 1. The molecule has 2 nitrogen and oxygen atoms in total. The number of unbranched alkanes of at least 4 members (excludes halogenated alkanes) is 1. The van der Waals surface area contributed by atoms with Gasteiger partial charge in [0.15, 0.2) is 10.8 Å². The lowest BCUT2D eigenvalue weighted by atomic mass is 10.1. The monoisotopic (exact) mass is 403 g/mol. The summed E-state index contributed by atoms with van der Waals surface area (Å²) in [5, 5.41) is 1.69. The summed E-state index contributed by atoms with van der Waals surface area (Å²) in [4.78, 5) is 18.2. The zero-order valence-electron chi connectivity index (χ0n) is 14.5. The van der Waals surface area contributed by atoms with Crippen LogP contribution in [0, 0.1) is 0 Å². The Bertz CT molecular complexity index is 906. The van der Waals surface area contributed by atoms with Crippen molar-refractivity contribution in [3.05, 3.63) is 74.0 Å². The van der Waals surface area contributed by atoms with Gasteiger partial charge in [-0.3, -0.25) is 4.79 Å². The van der Waals surface area contributed by atoms with Crippen LogP contribution in [-0.4, -0.2) is 10.8 Å². The lowest BCUT2D eigenvalue weighted by Crippen LogP contribution is -1.97. The average Bonchev–Trinajstić information content (AvgIpc) is 3.04. The van der Waals surface area contributed by atoms with Crippen LogP contribution in [0.4, 0.5) is 0 Å². The van der Waals surface area contributed by atoms with Crippen molar-refractivity contribution in [1.29, 1.82) is 0 Å². The number of ketones is 1. The Morgan fingerprint density at radius 1 is 1.12 bits per heavy atom. The maximum absolute atomic E-state index is 12.5. The number of Topliss-reactive ketones (excluding diaryl/α,β-unsaturated/α-hetero) is 1. The van der Waals surface area contributed by atoms with Crippen molar-refractivity contribution in [2.75, 3.05) is 0 Å². The molecule has 1 heterocycles. The lowest BCUT2D eigenvalue weighted by molar-refractivity contribution is 0.0979. The van der Waals surface area contributed by atoms with Crippen LogP contribution in [0.25, 0.3) is 11.3 Å². The molecule has 0 N–H and O–H groups in total. The van der Waals surface area contributed by atoms with Gasteiger partial charge in [-0.2, -0.15) is 0 Å². The number of rotatable bonds is 7. The Morgan fingerprint density at radius 3 is 2.58 bits per heavy atom. The average molecular weight is 404 g/mol. The predicted octanol–water partition coefficient (Wildman–Crippen LogP) is 7.08. The zero-order valence-corrected chi connectivity index (χ0v) is 16.8. The molecular weight excluding hydrogens is 385 g/mol. The molecule has 0 aliphatic rings. The van der Waals surface area contributed by atoms with Crippen LogP contribution in [0.5, 0.6) is 0 Å². The first kappa shape index (κ1) is 19.1. The van der Waals surface area contributed by atoms with Gasteiger partial charge in [-0.15, -0.1) is 11.3 Å². The predicted molar refractivity (Wildman–Crippen MR) is 111 cm³/mol. The molecule has 2 aromatic carbocycles. The summed E-state index contributed by atoms with van der Waals surface area (Å²) in [6.45, 7) is 2.08. The van der Waals surface area contributed by atoms with E-state index in [0.717, 1.165) is 29.0 Å². The van der Waals surface area contributed by atoms with E-state index in [9.17, 15) is 4.79 Å². The van der Waals surface area contributed by atoms with Crippen LogP contribution in [0.2, 0.25) is 10.0 Å². The third-order valence-corrected chi connectivity index (χ3v) is 5.73. The highest BCUT2D eigenvalue weighted by Gasteiger charge is 2.19. The van der Waals surface area contributed by atoms with Gasteiger partial charge in [0, 0.05) is 28.3 Å². The Hall–Kier alpha value is -1.68. The molecule has 3 rings (SSSR count). The molecule has 0 aliphatic heterocycles. The summed E-state index contributed by atoms with van der Waals surface area (Å²) in [7, 11) is 0. The molecule has 134 valence electrons. The number of benzene rings is 2. The molecular formula is C21H19Cl2NOS. The van der Waals surface area contributed by atoms with Gasteiger partial charge in [0.1, 0.15) is 0 Å². The molecule has 1 aromatic heterocycles. The van der Waals surface area contributed by atoms with Crippen molar-refractivity contribution < 1.29 is 4.79 Å². The van der Waals surface area contributed by atoms with Gasteiger partial charge in [-0.25, -0.2) is 4.98 Å². The first-order valence-corrected chi connectivity index (χ1v) is 10.2. The highest BCUT2D eigenvalue weighted by molar-refractivity contribution is 7.14. The summed E-state index contributed by atoms with van der Waals surface area (Å²) in [5.74, 6) is 0.0995. The molecule has 0 bridgehead atoms. The number of thiazole rings is 1. The van der Waals surface area contributed by atoms with E-state index in [1.165, 1.54) is 16.9 Å². The standard InChI is InChI=1S/C21H19Cl2NOS/c1-2-3-9-18(25)21-24-20(16-11-10-15(22)13-17(16)23)19(26-21)12-14-7-5-4-6-8-14/h4-8,10-11,13H,2-3,9,12H2,1H3. The molecule has 0 radical (unpaired) electrons. The number of carbonyl (C=O) groups excluding carboxylic acids is 1. The lowest BCUT2D eigenvalue weighted by Gasteiger charge is -2.05. The van der Waals surface area contributed by atoms with Gasteiger partial charge in [0.25, 0.3) is 0 Å². The minimum absolute atomic E-state index is 0.0995. The third kappa shape index (κ3) is 4.53. The van der Waals surface area contributed by atoms with Gasteiger partial charge in [-0.05, 0) is 30.2 Å². The van der Waals surface area contributed by atoms with Crippen LogP contribution >= 0.6 is 34.5 Å². The minimum Gasteiger partial charge on any atom is -0.292 e. The first-order chi connectivity index (χ1) is 12.6. The SMILES string of the molecule is CCCCC(=O)c1nc(-c2ccc(Cl)cc2Cl)c(Cc2ccccc2)s1. The number of aromatic nitrogens is 1. The number of hydrogen-bond acceptors (Lipinski definition) is 3. The van der Waals surface area contributed by atoms with Gasteiger partial charge in [0.2, 0.25) is 0 Å². The normalized spacial score (nSPS) is 10.9. The quantitative estimate of drug-likeness (QED) is 0.394. The second-order valence-corrected chi connectivity index (χ2v) is 8.03. The van der Waals surface area contributed by atoms with Crippen LogP contribution in [0.15, 0.2) is 48.5 Å². The fraction of sp³-hybridized carbons (Fsp3) is 0.238. The van der Waals surface area contributed by atoms with E-state index in [-0.39, 0.29) is 5.78 Å². The van der Waals surface area contributed by atoms with E-state index >= 15 is 0 Å². The van der Waals surface area contributed by atoms with Crippen molar-refractivity contribution >= 4 is 40.3 Å². The van der Waals surface area contributed by atoms with Gasteiger partial charge < -0.3 is 0 Å². The Kier molecular flexibility index (Phi) is 6.47. The van der Waals surface area contributed by atoms with Crippen molar-refractivity contribution in [2.45, 2.75) is 32.6 Å². The van der Waals surface area contributed by atoms with Crippen molar-refractivity contribution in [1.82, 2.24) is 4.98 Å². The topological polar surface area (TPSA) is 30.0 Å². The van der Waals surface area contributed by atoms with Crippen molar-refractivity contribution in [3.8, 4) is 11.3 Å². The van der Waals surface area contributed by atoms with E-state index in [4.69, 9.17) is 23.2 Å². The molecule has 3 aromatic rings. The van der Waals surface area contributed by atoms with Gasteiger partial charge in [0.05, 0.1) is 10.7 Å². The van der Waals surface area contributed by atoms with E-state index in [2.05, 4.69) is 24.0 Å². The second kappa shape index (κ2) is 8.81. The van der Waals surface area contributed by atoms with E-state index in [1.54, 1.807) is 12.1 Å². The fourth-order valence-corrected chi connectivity index (χ4v) is 4.28. The van der Waals surface area contributed by atoms with Gasteiger partial charge in [-0.1, -0.05) is 66.9 Å². The van der Waals surface area contributed by atoms with E-state index in [1.807, 2.05) is 24.3 Å². The molecule has 0 saturated heterocycles. The summed E-state index contributed by atoms with van der Waals surface area (Å²) >= 11 is 13.9. The first-order valence-electron chi connectivity index (χ1n) is 8.60. The Morgan fingerprint density at radius 2 is 1.88 bits per heavy atom. The molecule has 0 atom stereocenters. The summed E-state index contributed by atoms with van der Waals surface area (Å²) in [6.07, 6.45) is 3.11. The third-order valence-electron chi connectivity index (χ3n) is 4.09. The number of hydrogen-bond donors (Lipinski definition) is 0. The molecule has 5 heteroatoms. The molecule has 0 fully saturated rings. The van der Waals surface area contributed by atoms with Crippen molar-refractivity contribution in [3.63, 3.8) is 0 Å². The molecule has 0 amide bonds. The summed E-state index contributed by atoms with van der Waals surface area (Å²) in [5.41, 5.74) is 2.77.